The molecule has 0 spiro atoms. The van der Waals surface area contributed by atoms with E-state index in [9.17, 15) is 29.5 Å². The standard InChI is InChI=1S/C22H30BN4O8/c1-22(24,21(31)25-8-17(28)26(2)3)11-27-9-12(10-27)34-16-7-5-14-13-4-6-15(13)23(32,33)35-19(14)18(16)20(29)30/h4-7,12-13,15,32-33H,8-11,24H2,1-3H3,(H,25,31)(H,29,30)/q-1/t13-,15-,22?/m1/s1. The highest BCUT2D eigenvalue weighted by Gasteiger charge is 2.48. The first-order valence-corrected chi connectivity index (χ1v) is 11.3. The van der Waals surface area contributed by atoms with Gasteiger partial charge >= 0.3 is 12.7 Å². The molecule has 4 rings (SSSR count). The molecule has 0 bridgehead atoms. The molecule has 0 radical (unpaired) electrons. The summed E-state index contributed by atoms with van der Waals surface area (Å²) in [5, 5.41) is 32.9. The van der Waals surface area contributed by atoms with Crippen molar-refractivity contribution in [2.24, 2.45) is 5.73 Å². The Bertz CT molecular complexity index is 1080. The van der Waals surface area contributed by atoms with Gasteiger partial charge in [-0.2, -0.15) is 0 Å². The van der Waals surface area contributed by atoms with Gasteiger partial charge in [0.05, 0.1) is 12.3 Å². The number of nitrogens with zero attached hydrogens (tertiary/aromatic N) is 2. The van der Waals surface area contributed by atoms with Crippen molar-refractivity contribution in [3.05, 3.63) is 35.4 Å². The Morgan fingerprint density at radius 3 is 2.54 bits per heavy atom. The summed E-state index contributed by atoms with van der Waals surface area (Å²) >= 11 is 0. The molecule has 1 aromatic rings. The highest BCUT2D eigenvalue weighted by molar-refractivity contribution is 6.62. The van der Waals surface area contributed by atoms with E-state index in [1.807, 2.05) is 4.90 Å². The summed E-state index contributed by atoms with van der Waals surface area (Å²) in [5.41, 5.74) is 5.22. The van der Waals surface area contributed by atoms with Gasteiger partial charge in [-0.1, -0.05) is 12.1 Å². The Kier molecular flexibility index (Phi) is 6.30. The lowest BCUT2D eigenvalue weighted by molar-refractivity contribution is -0.133. The topological polar surface area (TPSA) is 175 Å². The van der Waals surface area contributed by atoms with Crippen LogP contribution in [0.1, 0.15) is 28.8 Å². The molecule has 3 aliphatic rings. The van der Waals surface area contributed by atoms with Crippen LogP contribution in [0.4, 0.5) is 0 Å². The smallest absolute Gasteiger partial charge is 0.438 e. The summed E-state index contributed by atoms with van der Waals surface area (Å²) in [6.45, 7) is -0.803. The van der Waals surface area contributed by atoms with E-state index in [1.165, 1.54) is 4.90 Å². The van der Waals surface area contributed by atoms with Crippen molar-refractivity contribution in [3.63, 3.8) is 0 Å². The van der Waals surface area contributed by atoms with Crippen molar-refractivity contribution in [1.82, 2.24) is 15.1 Å². The number of hydrogen-bond donors (Lipinski definition) is 5. The maximum Gasteiger partial charge on any atom is 0.438 e. The van der Waals surface area contributed by atoms with Crippen LogP contribution in [-0.2, 0) is 9.59 Å². The second kappa shape index (κ2) is 8.83. The van der Waals surface area contributed by atoms with Crippen LogP contribution in [0, 0.1) is 0 Å². The minimum absolute atomic E-state index is 0.0599. The molecule has 35 heavy (non-hydrogen) atoms. The van der Waals surface area contributed by atoms with Crippen LogP contribution in [0.25, 0.3) is 0 Å². The quantitative estimate of drug-likeness (QED) is 0.218. The van der Waals surface area contributed by atoms with Crippen molar-refractivity contribution in [3.8, 4) is 11.5 Å². The number of amides is 2. The Balaban J connectivity index is 1.38. The molecule has 2 amide bonds. The second-order valence-corrected chi connectivity index (χ2v) is 9.85. The molecule has 190 valence electrons. The SMILES string of the molecule is CN(C)C(=O)CNC(=O)C(C)(N)CN1CC(Oc2ccc3c(c2C(=O)O)O[B-](O)(O)[C@@H]2C=C[C@H]32)C1. The summed E-state index contributed by atoms with van der Waals surface area (Å²) in [6.07, 6.45) is 3.05. The van der Waals surface area contributed by atoms with E-state index in [0.29, 0.717) is 18.7 Å². The normalized spacial score (nSPS) is 23.9. The van der Waals surface area contributed by atoms with Crippen molar-refractivity contribution in [1.29, 1.82) is 0 Å². The van der Waals surface area contributed by atoms with Gasteiger partial charge < -0.3 is 40.5 Å². The number of likely N-dealkylation sites (tertiary alicyclic amines) is 1. The molecule has 1 saturated heterocycles. The Labute approximate surface area is 202 Å². The number of fused-ring (bicyclic) bond motifs is 3. The molecule has 1 fully saturated rings. The van der Waals surface area contributed by atoms with E-state index in [2.05, 4.69) is 5.32 Å². The maximum atomic E-state index is 12.4. The molecular weight excluding hydrogens is 459 g/mol. The fraction of sp³-hybridized carbons (Fsp3) is 0.500. The lowest BCUT2D eigenvalue weighted by Gasteiger charge is -2.50. The highest BCUT2D eigenvalue weighted by Crippen LogP contribution is 2.54. The maximum absolute atomic E-state index is 12.4. The first kappa shape index (κ1) is 25.0. The molecule has 1 aliphatic carbocycles. The molecule has 2 heterocycles. The zero-order chi connectivity index (χ0) is 25.7. The number of benzene rings is 1. The predicted octanol–water partition coefficient (Wildman–Crippen LogP) is -1.29. The van der Waals surface area contributed by atoms with Crippen LogP contribution in [-0.4, -0.2) is 101 Å². The molecule has 1 aromatic carbocycles. The van der Waals surface area contributed by atoms with Crippen molar-refractivity contribution in [2.75, 3.05) is 40.3 Å². The first-order valence-electron chi connectivity index (χ1n) is 11.3. The molecule has 6 N–H and O–H groups in total. The molecule has 13 heteroatoms. The number of allylic oxidation sites excluding steroid dienone is 2. The minimum atomic E-state index is -3.23. The van der Waals surface area contributed by atoms with E-state index in [4.69, 9.17) is 15.1 Å². The van der Waals surface area contributed by atoms with E-state index >= 15 is 0 Å². The number of carboxylic acids is 1. The average molecular weight is 489 g/mol. The van der Waals surface area contributed by atoms with Gasteiger partial charge in [-0.05, 0) is 30.3 Å². The number of carbonyl (C=O) groups is 3. The van der Waals surface area contributed by atoms with E-state index in [-0.39, 0.29) is 48.1 Å². The summed E-state index contributed by atoms with van der Waals surface area (Å²) in [4.78, 5) is 39.4. The van der Waals surface area contributed by atoms with Gasteiger partial charge in [0.25, 0.3) is 0 Å². The van der Waals surface area contributed by atoms with Crippen LogP contribution in [0.15, 0.2) is 24.3 Å². The number of aromatic carboxylic acids is 1. The van der Waals surface area contributed by atoms with Crippen molar-refractivity contribution in [2.45, 2.75) is 30.3 Å². The van der Waals surface area contributed by atoms with Gasteiger partial charge in [0.15, 0.2) is 0 Å². The third-order valence-corrected chi connectivity index (χ3v) is 6.66. The van der Waals surface area contributed by atoms with Crippen molar-refractivity contribution >= 4 is 24.5 Å². The van der Waals surface area contributed by atoms with Gasteiger partial charge in [0, 0.05) is 33.7 Å². The average Bonchev–Trinajstić information content (AvgIpc) is 2.68. The van der Waals surface area contributed by atoms with E-state index in [0.717, 1.165) is 0 Å². The molecule has 0 saturated carbocycles. The van der Waals surface area contributed by atoms with Gasteiger partial charge in [-0.3, -0.25) is 14.5 Å². The first-order chi connectivity index (χ1) is 16.3. The zero-order valence-corrected chi connectivity index (χ0v) is 19.8. The molecular formula is C22H30BN4O8-. The summed E-state index contributed by atoms with van der Waals surface area (Å²) < 4.78 is 11.2. The van der Waals surface area contributed by atoms with Crippen LogP contribution in [0.3, 0.4) is 0 Å². The lowest BCUT2D eigenvalue weighted by atomic mass is 9.50. The van der Waals surface area contributed by atoms with Crippen LogP contribution in [0.2, 0.25) is 5.82 Å². The number of nitrogens with two attached hydrogens (primary N) is 1. The highest BCUT2D eigenvalue weighted by atomic mass is 16.6. The second-order valence-electron chi connectivity index (χ2n) is 9.85. The molecule has 12 nitrogen and oxygen atoms in total. The molecule has 2 aliphatic heterocycles. The monoisotopic (exact) mass is 489 g/mol. The van der Waals surface area contributed by atoms with Gasteiger partial charge in [-0.25, -0.2) is 4.79 Å². The van der Waals surface area contributed by atoms with Crippen LogP contribution < -0.4 is 20.4 Å². The Morgan fingerprint density at radius 1 is 1.29 bits per heavy atom. The zero-order valence-electron chi connectivity index (χ0n) is 19.8. The van der Waals surface area contributed by atoms with Gasteiger partial charge in [0.2, 0.25) is 11.8 Å². The number of likely N-dealkylation sites (N-methyl/N-ethyl adjacent to an activating group) is 1. The number of nitrogens with one attached hydrogen (secondary N) is 1. The Hall–Kier alpha value is -3.13. The van der Waals surface area contributed by atoms with Crippen LogP contribution >= 0.6 is 0 Å². The molecule has 3 atom stereocenters. The van der Waals surface area contributed by atoms with E-state index in [1.54, 1.807) is 45.3 Å². The molecule has 1 unspecified atom stereocenters. The number of hydrogen-bond acceptors (Lipinski definition) is 9. The predicted molar refractivity (Wildman–Crippen MR) is 125 cm³/mol. The lowest BCUT2D eigenvalue weighted by Crippen LogP contribution is -2.64. The third-order valence-electron chi connectivity index (χ3n) is 6.66. The largest absolute Gasteiger partial charge is 0.669 e. The number of carboxylic acid groups (broad SMARTS) is 1. The summed E-state index contributed by atoms with van der Waals surface area (Å²) in [5.74, 6) is -3.00. The fourth-order valence-corrected chi connectivity index (χ4v) is 4.56. The Morgan fingerprint density at radius 2 is 1.97 bits per heavy atom. The number of carbonyl (C=O) groups excluding carboxylic acids is 2. The molecule has 0 aromatic heterocycles. The van der Waals surface area contributed by atoms with Crippen LogP contribution in [0.5, 0.6) is 11.5 Å². The van der Waals surface area contributed by atoms with E-state index < -0.39 is 30.0 Å². The summed E-state index contributed by atoms with van der Waals surface area (Å²) in [7, 11) is 3.18. The van der Waals surface area contributed by atoms with Gasteiger partial charge in [-0.15, -0.1) is 6.08 Å². The minimum Gasteiger partial charge on any atom is -0.669 e. The van der Waals surface area contributed by atoms with Crippen molar-refractivity contribution < 1.29 is 38.9 Å². The summed E-state index contributed by atoms with van der Waals surface area (Å²) in [6, 6.07) is 3.23. The number of rotatable bonds is 8. The third kappa shape index (κ3) is 4.72. The fourth-order valence-electron chi connectivity index (χ4n) is 4.56. The van der Waals surface area contributed by atoms with Gasteiger partial charge in [0.1, 0.15) is 23.0 Å². The number of ether oxygens (including phenoxy) is 1.